The summed E-state index contributed by atoms with van der Waals surface area (Å²) in [5, 5.41) is 7.79. The van der Waals surface area contributed by atoms with Gasteiger partial charge in [-0.2, -0.15) is 0 Å². The molecule has 1 aliphatic rings. The lowest BCUT2D eigenvalue weighted by Crippen LogP contribution is -2.48. The van der Waals surface area contributed by atoms with Crippen molar-refractivity contribution in [2.75, 3.05) is 19.3 Å². The summed E-state index contributed by atoms with van der Waals surface area (Å²) in [5.41, 5.74) is 0. The Balaban J connectivity index is 0.00000364. The van der Waals surface area contributed by atoms with E-state index in [4.69, 9.17) is 16.3 Å². The molecule has 154 valence electrons. The zero-order valence-corrected chi connectivity index (χ0v) is 20.1. The fourth-order valence-electron chi connectivity index (χ4n) is 3.17. The molecule has 8 heteroatoms. The number of benzene rings is 1. The fourth-order valence-corrected chi connectivity index (χ4v) is 4.64. The van der Waals surface area contributed by atoms with Crippen molar-refractivity contribution in [3.8, 4) is 5.75 Å². The summed E-state index contributed by atoms with van der Waals surface area (Å²) < 4.78 is 18.0. The van der Waals surface area contributed by atoms with Crippen LogP contribution in [0.25, 0.3) is 0 Å². The minimum atomic E-state index is -0.716. The number of ether oxygens (including phenoxy) is 1. The van der Waals surface area contributed by atoms with Crippen LogP contribution >= 0.6 is 35.6 Å². The number of guanidine groups is 1. The van der Waals surface area contributed by atoms with E-state index in [1.54, 1.807) is 7.05 Å². The second-order valence-corrected chi connectivity index (χ2v) is 9.08. The standard InChI is InChI=1S/C19H30ClN3O2S.HI/c1-4-26(24)18-7-5-6-16(12-18)23-19(21-3)22-13-14(2)25-17-10-8-15(20)9-11-17;/h8-11,14,16,18H,4-7,12-13H2,1-3H3,(H2,21,22,23);1H. The van der Waals surface area contributed by atoms with E-state index in [1.807, 2.05) is 38.1 Å². The highest BCUT2D eigenvalue weighted by molar-refractivity contribution is 14.0. The first kappa shape index (κ1) is 24.5. The maximum absolute atomic E-state index is 12.1. The molecule has 0 saturated heterocycles. The van der Waals surface area contributed by atoms with Gasteiger partial charge in [0.05, 0.1) is 6.54 Å². The maximum atomic E-state index is 12.1. The predicted molar refractivity (Wildman–Crippen MR) is 126 cm³/mol. The first-order valence-electron chi connectivity index (χ1n) is 9.28. The van der Waals surface area contributed by atoms with Gasteiger partial charge < -0.3 is 15.4 Å². The Hall–Kier alpha value is -0.540. The molecule has 5 nitrogen and oxygen atoms in total. The Bertz CT molecular complexity index is 615. The molecule has 0 spiro atoms. The van der Waals surface area contributed by atoms with Crippen molar-refractivity contribution in [3.63, 3.8) is 0 Å². The Morgan fingerprint density at radius 3 is 2.70 bits per heavy atom. The minimum Gasteiger partial charge on any atom is -0.489 e. The number of nitrogens with one attached hydrogen (secondary N) is 2. The van der Waals surface area contributed by atoms with Crippen LogP contribution in [0.5, 0.6) is 5.75 Å². The lowest BCUT2D eigenvalue weighted by atomic mass is 9.95. The van der Waals surface area contributed by atoms with E-state index in [0.29, 0.717) is 22.9 Å². The molecule has 1 aromatic carbocycles. The van der Waals surface area contributed by atoms with Crippen LogP contribution in [0.3, 0.4) is 0 Å². The lowest BCUT2D eigenvalue weighted by molar-refractivity contribution is 0.223. The molecule has 0 aliphatic heterocycles. The van der Waals surface area contributed by atoms with Gasteiger partial charge in [-0.25, -0.2) is 0 Å². The molecule has 0 radical (unpaired) electrons. The Kier molecular flexibility index (Phi) is 11.6. The summed E-state index contributed by atoms with van der Waals surface area (Å²) in [6, 6.07) is 7.68. The number of nitrogens with zero attached hydrogens (tertiary/aromatic N) is 1. The Morgan fingerprint density at radius 2 is 2.07 bits per heavy atom. The van der Waals surface area contributed by atoms with Crippen LogP contribution in [0.4, 0.5) is 0 Å². The zero-order chi connectivity index (χ0) is 18.9. The molecule has 0 aromatic heterocycles. The van der Waals surface area contributed by atoms with Gasteiger partial charge >= 0.3 is 0 Å². The van der Waals surface area contributed by atoms with Crippen molar-refractivity contribution in [2.45, 2.75) is 56.9 Å². The molecule has 1 aliphatic carbocycles. The second kappa shape index (κ2) is 12.8. The summed E-state index contributed by atoms with van der Waals surface area (Å²) in [5.74, 6) is 2.30. The average Bonchev–Trinajstić information content (AvgIpc) is 2.66. The van der Waals surface area contributed by atoms with Crippen molar-refractivity contribution in [3.05, 3.63) is 29.3 Å². The van der Waals surface area contributed by atoms with E-state index < -0.39 is 10.8 Å². The van der Waals surface area contributed by atoms with Gasteiger partial charge in [0.15, 0.2) is 5.96 Å². The van der Waals surface area contributed by atoms with Gasteiger partial charge in [0.25, 0.3) is 0 Å². The third-order valence-corrected chi connectivity index (χ3v) is 6.55. The van der Waals surface area contributed by atoms with E-state index >= 15 is 0 Å². The van der Waals surface area contributed by atoms with Crippen molar-refractivity contribution in [2.24, 2.45) is 4.99 Å². The van der Waals surface area contributed by atoms with Crippen LogP contribution < -0.4 is 15.4 Å². The van der Waals surface area contributed by atoms with Crippen molar-refractivity contribution in [1.82, 2.24) is 10.6 Å². The normalized spacial score (nSPS) is 22.3. The highest BCUT2D eigenvalue weighted by atomic mass is 127. The van der Waals surface area contributed by atoms with Gasteiger partial charge in [-0.1, -0.05) is 24.9 Å². The smallest absolute Gasteiger partial charge is 0.191 e. The first-order chi connectivity index (χ1) is 12.5. The topological polar surface area (TPSA) is 62.7 Å². The molecule has 0 amide bonds. The SMILES string of the molecule is CCS(=O)C1CCCC(NC(=NC)NCC(C)Oc2ccc(Cl)cc2)C1.I. The van der Waals surface area contributed by atoms with E-state index in [1.165, 1.54) is 0 Å². The number of hydrogen-bond donors (Lipinski definition) is 2. The van der Waals surface area contributed by atoms with E-state index in [0.717, 1.165) is 43.1 Å². The first-order valence-corrected chi connectivity index (χ1v) is 11.0. The van der Waals surface area contributed by atoms with E-state index in [2.05, 4.69) is 15.6 Å². The molecule has 4 atom stereocenters. The molecule has 0 heterocycles. The van der Waals surface area contributed by atoms with Gasteiger partial charge in [-0.3, -0.25) is 9.20 Å². The van der Waals surface area contributed by atoms with Crippen LogP contribution in [-0.4, -0.2) is 46.9 Å². The minimum absolute atomic E-state index is 0. The van der Waals surface area contributed by atoms with Crippen molar-refractivity contribution < 1.29 is 8.95 Å². The maximum Gasteiger partial charge on any atom is 0.191 e. The monoisotopic (exact) mass is 527 g/mol. The van der Waals surface area contributed by atoms with E-state index in [-0.39, 0.29) is 30.1 Å². The molecule has 2 rings (SSSR count). The summed E-state index contributed by atoms with van der Waals surface area (Å²) in [7, 11) is 1.05. The summed E-state index contributed by atoms with van der Waals surface area (Å²) in [6.07, 6.45) is 4.20. The molecule has 27 heavy (non-hydrogen) atoms. The average molecular weight is 528 g/mol. The molecule has 1 fully saturated rings. The van der Waals surface area contributed by atoms with Gasteiger partial charge in [0.1, 0.15) is 11.9 Å². The van der Waals surface area contributed by atoms with Crippen LogP contribution in [0.15, 0.2) is 29.3 Å². The molecule has 0 bridgehead atoms. The van der Waals surface area contributed by atoms with Gasteiger partial charge in [0, 0.05) is 39.9 Å². The third-order valence-electron chi connectivity index (χ3n) is 4.55. The molecule has 1 saturated carbocycles. The number of halogens is 2. The van der Waals surface area contributed by atoms with Crippen molar-refractivity contribution >= 4 is 52.3 Å². The quantitative estimate of drug-likeness (QED) is 0.320. The predicted octanol–water partition coefficient (Wildman–Crippen LogP) is 3.97. The lowest BCUT2D eigenvalue weighted by Gasteiger charge is -2.30. The molecule has 4 unspecified atom stereocenters. The number of hydrogen-bond acceptors (Lipinski definition) is 3. The van der Waals surface area contributed by atoms with Crippen LogP contribution in [0, 0.1) is 0 Å². The Labute approximate surface area is 187 Å². The highest BCUT2D eigenvalue weighted by Crippen LogP contribution is 2.23. The zero-order valence-electron chi connectivity index (χ0n) is 16.2. The van der Waals surface area contributed by atoms with Gasteiger partial charge in [0.2, 0.25) is 0 Å². The van der Waals surface area contributed by atoms with Gasteiger partial charge in [-0.05, 0) is 50.5 Å². The number of aliphatic imine (C=N–C) groups is 1. The molecular formula is C19H31ClIN3O2S. The summed E-state index contributed by atoms with van der Waals surface area (Å²) in [6.45, 7) is 4.64. The Morgan fingerprint density at radius 1 is 1.37 bits per heavy atom. The van der Waals surface area contributed by atoms with Crippen LogP contribution in [0.1, 0.15) is 39.5 Å². The highest BCUT2D eigenvalue weighted by Gasteiger charge is 2.26. The molecule has 2 N–H and O–H groups in total. The molecular weight excluding hydrogens is 497 g/mol. The van der Waals surface area contributed by atoms with Crippen molar-refractivity contribution in [1.29, 1.82) is 0 Å². The fraction of sp³-hybridized carbons (Fsp3) is 0.632. The third kappa shape index (κ3) is 8.56. The largest absolute Gasteiger partial charge is 0.489 e. The van der Waals surface area contributed by atoms with Gasteiger partial charge in [-0.15, -0.1) is 24.0 Å². The summed E-state index contributed by atoms with van der Waals surface area (Å²) >= 11 is 5.89. The van der Waals surface area contributed by atoms with E-state index in [9.17, 15) is 4.21 Å². The molecule has 1 aromatic rings. The number of rotatable bonds is 7. The van der Waals surface area contributed by atoms with Crippen LogP contribution in [-0.2, 0) is 10.8 Å². The summed E-state index contributed by atoms with van der Waals surface area (Å²) in [4.78, 5) is 4.31. The second-order valence-electron chi connectivity index (χ2n) is 6.63. The van der Waals surface area contributed by atoms with Crippen LogP contribution in [0.2, 0.25) is 5.02 Å².